The van der Waals surface area contributed by atoms with Crippen molar-refractivity contribution in [3.8, 4) is 5.75 Å². The summed E-state index contributed by atoms with van der Waals surface area (Å²) < 4.78 is 5.62. The van der Waals surface area contributed by atoms with E-state index in [1.54, 1.807) is 0 Å². The second-order valence-corrected chi connectivity index (χ2v) is 4.90. The normalized spacial score (nSPS) is 10.7. The Balaban J connectivity index is 1.80. The zero-order valence-electron chi connectivity index (χ0n) is 11.6. The van der Waals surface area contributed by atoms with E-state index in [1.165, 1.54) is 11.1 Å². The van der Waals surface area contributed by atoms with E-state index in [0.717, 1.165) is 18.8 Å². The van der Waals surface area contributed by atoms with Crippen LogP contribution in [0.4, 0.5) is 0 Å². The van der Waals surface area contributed by atoms with E-state index < -0.39 is 0 Å². The van der Waals surface area contributed by atoms with Gasteiger partial charge >= 0.3 is 0 Å². The number of nitrogens with one attached hydrogen (secondary N) is 1. The Morgan fingerprint density at radius 3 is 2.00 bits per heavy atom. The monoisotopic (exact) mass is 255 g/mol. The standard InChI is InChI=1S/C17H21NO/c1-14(2)19-17-10-8-16(9-11-17)13-18-12-15-6-4-3-5-7-15/h3-11,14,18H,12-13H2,1-2H3. The Labute approximate surface area is 115 Å². The van der Waals surface area contributed by atoms with Crippen molar-refractivity contribution in [3.05, 3.63) is 65.7 Å². The van der Waals surface area contributed by atoms with E-state index in [2.05, 4.69) is 41.7 Å². The van der Waals surface area contributed by atoms with Crippen molar-refractivity contribution < 1.29 is 4.74 Å². The molecule has 19 heavy (non-hydrogen) atoms. The Hall–Kier alpha value is -1.80. The summed E-state index contributed by atoms with van der Waals surface area (Å²) in [5.74, 6) is 0.932. The minimum atomic E-state index is 0.224. The van der Waals surface area contributed by atoms with Gasteiger partial charge in [-0.2, -0.15) is 0 Å². The van der Waals surface area contributed by atoms with Crippen LogP contribution in [0.5, 0.6) is 5.75 Å². The van der Waals surface area contributed by atoms with Gasteiger partial charge in [-0.3, -0.25) is 0 Å². The molecule has 0 aliphatic heterocycles. The summed E-state index contributed by atoms with van der Waals surface area (Å²) in [6, 6.07) is 18.7. The molecule has 0 bridgehead atoms. The molecule has 0 atom stereocenters. The van der Waals surface area contributed by atoms with E-state index in [4.69, 9.17) is 4.74 Å². The van der Waals surface area contributed by atoms with Gasteiger partial charge in [0.2, 0.25) is 0 Å². The fourth-order valence-corrected chi connectivity index (χ4v) is 1.91. The van der Waals surface area contributed by atoms with Crippen molar-refractivity contribution >= 4 is 0 Å². The third-order valence-corrected chi connectivity index (χ3v) is 2.80. The molecule has 0 unspecified atom stereocenters. The molecule has 0 aromatic heterocycles. The molecular weight excluding hydrogens is 234 g/mol. The van der Waals surface area contributed by atoms with Crippen molar-refractivity contribution in [2.75, 3.05) is 0 Å². The number of rotatable bonds is 6. The highest BCUT2D eigenvalue weighted by Gasteiger charge is 1.98. The maximum Gasteiger partial charge on any atom is 0.119 e. The average Bonchev–Trinajstić information content (AvgIpc) is 2.41. The molecular formula is C17H21NO. The van der Waals surface area contributed by atoms with Gasteiger partial charge < -0.3 is 10.1 Å². The minimum Gasteiger partial charge on any atom is -0.491 e. The van der Waals surface area contributed by atoms with Crippen LogP contribution in [0.15, 0.2) is 54.6 Å². The lowest BCUT2D eigenvalue weighted by Gasteiger charge is -2.10. The molecule has 0 amide bonds. The zero-order valence-corrected chi connectivity index (χ0v) is 11.6. The highest BCUT2D eigenvalue weighted by atomic mass is 16.5. The molecule has 0 radical (unpaired) electrons. The Morgan fingerprint density at radius 2 is 1.42 bits per heavy atom. The molecule has 0 saturated carbocycles. The van der Waals surface area contributed by atoms with E-state index in [1.807, 2.05) is 32.0 Å². The summed E-state index contributed by atoms with van der Waals surface area (Å²) in [6.45, 7) is 5.84. The van der Waals surface area contributed by atoms with Crippen LogP contribution >= 0.6 is 0 Å². The Kier molecular flexibility index (Phi) is 4.99. The Morgan fingerprint density at radius 1 is 0.842 bits per heavy atom. The van der Waals surface area contributed by atoms with E-state index >= 15 is 0 Å². The van der Waals surface area contributed by atoms with Crippen LogP contribution < -0.4 is 10.1 Å². The van der Waals surface area contributed by atoms with Gasteiger partial charge in [-0.1, -0.05) is 42.5 Å². The first-order valence-electron chi connectivity index (χ1n) is 6.74. The van der Waals surface area contributed by atoms with Gasteiger partial charge in [-0.05, 0) is 37.1 Å². The predicted octanol–water partition coefficient (Wildman–Crippen LogP) is 3.76. The number of ether oxygens (including phenoxy) is 1. The van der Waals surface area contributed by atoms with Gasteiger partial charge in [0.05, 0.1) is 6.10 Å². The molecule has 1 N–H and O–H groups in total. The minimum absolute atomic E-state index is 0.224. The summed E-state index contributed by atoms with van der Waals surface area (Å²) in [4.78, 5) is 0. The SMILES string of the molecule is CC(C)Oc1ccc(CNCc2ccccc2)cc1. The first-order chi connectivity index (χ1) is 9.24. The molecule has 2 rings (SSSR count). The first kappa shape index (κ1) is 13.6. The summed E-state index contributed by atoms with van der Waals surface area (Å²) in [7, 11) is 0. The predicted molar refractivity (Wildman–Crippen MR) is 79.2 cm³/mol. The zero-order chi connectivity index (χ0) is 13.5. The van der Waals surface area contributed by atoms with Gasteiger partial charge in [-0.15, -0.1) is 0 Å². The number of hydrogen-bond donors (Lipinski definition) is 1. The Bertz CT molecular complexity index is 476. The fraction of sp³-hybridized carbons (Fsp3) is 0.294. The fourth-order valence-electron chi connectivity index (χ4n) is 1.91. The maximum atomic E-state index is 5.62. The molecule has 2 heteroatoms. The third kappa shape index (κ3) is 4.76. The topological polar surface area (TPSA) is 21.3 Å². The third-order valence-electron chi connectivity index (χ3n) is 2.80. The molecule has 2 aromatic rings. The van der Waals surface area contributed by atoms with Crippen LogP contribution in [0.2, 0.25) is 0 Å². The highest BCUT2D eigenvalue weighted by Crippen LogP contribution is 2.13. The summed E-state index contributed by atoms with van der Waals surface area (Å²) in [5, 5.41) is 3.44. The molecule has 100 valence electrons. The average molecular weight is 255 g/mol. The molecule has 0 saturated heterocycles. The van der Waals surface area contributed by atoms with Crippen LogP contribution in [-0.2, 0) is 13.1 Å². The maximum absolute atomic E-state index is 5.62. The molecule has 0 aliphatic carbocycles. The summed E-state index contributed by atoms with van der Waals surface area (Å²) in [6.07, 6.45) is 0.224. The lowest BCUT2D eigenvalue weighted by Crippen LogP contribution is -2.12. The lowest BCUT2D eigenvalue weighted by molar-refractivity contribution is 0.242. The van der Waals surface area contributed by atoms with Crippen LogP contribution in [0.3, 0.4) is 0 Å². The van der Waals surface area contributed by atoms with Gasteiger partial charge in [0, 0.05) is 13.1 Å². The van der Waals surface area contributed by atoms with E-state index in [9.17, 15) is 0 Å². The number of hydrogen-bond acceptors (Lipinski definition) is 2. The largest absolute Gasteiger partial charge is 0.491 e. The van der Waals surface area contributed by atoms with Crippen LogP contribution in [0.1, 0.15) is 25.0 Å². The van der Waals surface area contributed by atoms with Gasteiger partial charge in [0.15, 0.2) is 0 Å². The van der Waals surface area contributed by atoms with Gasteiger partial charge in [-0.25, -0.2) is 0 Å². The van der Waals surface area contributed by atoms with Gasteiger partial charge in [0.25, 0.3) is 0 Å². The van der Waals surface area contributed by atoms with Crippen molar-refractivity contribution in [2.45, 2.75) is 33.0 Å². The van der Waals surface area contributed by atoms with Crippen molar-refractivity contribution in [1.82, 2.24) is 5.32 Å². The van der Waals surface area contributed by atoms with E-state index in [0.29, 0.717) is 0 Å². The molecule has 0 spiro atoms. The van der Waals surface area contributed by atoms with Crippen molar-refractivity contribution in [3.63, 3.8) is 0 Å². The molecule has 0 aliphatic rings. The second-order valence-electron chi connectivity index (χ2n) is 4.90. The van der Waals surface area contributed by atoms with Gasteiger partial charge in [0.1, 0.15) is 5.75 Å². The quantitative estimate of drug-likeness (QED) is 0.848. The van der Waals surface area contributed by atoms with Crippen molar-refractivity contribution in [1.29, 1.82) is 0 Å². The molecule has 0 heterocycles. The molecule has 2 aromatic carbocycles. The van der Waals surface area contributed by atoms with Crippen molar-refractivity contribution in [2.24, 2.45) is 0 Å². The summed E-state index contributed by atoms with van der Waals surface area (Å²) in [5.41, 5.74) is 2.58. The lowest BCUT2D eigenvalue weighted by atomic mass is 10.2. The second kappa shape index (κ2) is 6.95. The molecule has 0 fully saturated rings. The number of benzene rings is 2. The van der Waals surface area contributed by atoms with Crippen LogP contribution in [-0.4, -0.2) is 6.10 Å². The van der Waals surface area contributed by atoms with Crippen LogP contribution in [0, 0.1) is 0 Å². The first-order valence-corrected chi connectivity index (χ1v) is 6.74. The van der Waals surface area contributed by atoms with E-state index in [-0.39, 0.29) is 6.10 Å². The highest BCUT2D eigenvalue weighted by molar-refractivity contribution is 5.27. The summed E-state index contributed by atoms with van der Waals surface area (Å²) >= 11 is 0. The smallest absolute Gasteiger partial charge is 0.119 e. The molecule has 2 nitrogen and oxygen atoms in total. The van der Waals surface area contributed by atoms with Crippen LogP contribution in [0.25, 0.3) is 0 Å².